The number of hydrogen-bond donors (Lipinski definition) is 0. The average molecular weight is 426 g/mol. The zero-order valence-electron chi connectivity index (χ0n) is 17.4. The monoisotopic (exact) mass is 425 g/mol. The molecule has 0 aliphatic rings. The fraction of sp³-hybridized carbons (Fsp3) is 0.304. The van der Waals surface area contributed by atoms with Gasteiger partial charge in [0.25, 0.3) is 0 Å². The zero-order chi connectivity index (χ0) is 21.7. The maximum Gasteiger partial charge on any atom is 0.350 e. The highest BCUT2D eigenvalue weighted by Crippen LogP contribution is 2.38. The third kappa shape index (κ3) is 4.50. The van der Waals surface area contributed by atoms with Crippen molar-refractivity contribution in [3.63, 3.8) is 0 Å². The molecule has 6 nitrogen and oxygen atoms in total. The van der Waals surface area contributed by atoms with Gasteiger partial charge in [-0.15, -0.1) is 11.3 Å². The number of fused-ring (bicyclic) bond motifs is 1. The molecule has 7 heteroatoms. The van der Waals surface area contributed by atoms with Crippen molar-refractivity contribution in [1.82, 2.24) is 0 Å². The Morgan fingerprint density at radius 1 is 1.10 bits per heavy atom. The number of esters is 1. The number of nitrogens with zero attached hydrogens (tertiary/aromatic N) is 1. The number of thiophene rings is 1. The Morgan fingerprint density at radius 3 is 2.37 bits per heavy atom. The van der Waals surface area contributed by atoms with E-state index in [0.717, 1.165) is 15.0 Å². The normalized spacial score (nSPS) is 12.6. The van der Waals surface area contributed by atoms with Gasteiger partial charge in [0, 0.05) is 22.1 Å². The minimum Gasteiger partial charge on any atom is -0.493 e. The third-order valence-electron chi connectivity index (χ3n) is 4.62. The third-order valence-corrected chi connectivity index (χ3v) is 5.72. The maximum atomic E-state index is 12.8. The van der Waals surface area contributed by atoms with Crippen molar-refractivity contribution in [2.45, 2.75) is 25.9 Å². The fourth-order valence-corrected chi connectivity index (χ4v) is 4.35. The van der Waals surface area contributed by atoms with Crippen LogP contribution < -0.4 is 14.2 Å². The van der Waals surface area contributed by atoms with Crippen molar-refractivity contribution in [2.24, 2.45) is 0 Å². The molecule has 0 bridgehead atoms. The first-order valence-electron chi connectivity index (χ1n) is 9.43. The smallest absolute Gasteiger partial charge is 0.350 e. The van der Waals surface area contributed by atoms with Gasteiger partial charge in [-0.25, -0.2) is 4.79 Å². The van der Waals surface area contributed by atoms with Gasteiger partial charge in [0.1, 0.15) is 5.75 Å². The molecule has 3 rings (SSSR count). The molecule has 2 aromatic carbocycles. The van der Waals surface area contributed by atoms with Gasteiger partial charge in [-0.05, 0) is 55.6 Å². The summed E-state index contributed by atoms with van der Waals surface area (Å²) in [6, 6.07) is 14.6. The summed E-state index contributed by atoms with van der Waals surface area (Å²) in [7, 11) is 3.20. The lowest BCUT2D eigenvalue weighted by atomic mass is 10.0. The topological polar surface area (TPSA) is 77.8 Å². The van der Waals surface area contributed by atoms with Crippen molar-refractivity contribution in [3.05, 3.63) is 52.9 Å². The summed E-state index contributed by atoms with van der Waals surface area (Å²) in [5, 5.41) is 9.97. The number of methoxy groups -OCH3 is 2. The molecule has 1 unspecified atom stereocenters. The lowest BCUT2D eigenvalue weighted by Gasteiger charge is -2.28. The molecule has 1 heterocycles. The largest absolute Gasteiger partial charge is 0.493 e. The molecule has 156 valence electrons. The van der Waals surface area contributed by atoms with Gasteiger partial charge in [0.15, 0.2) is 11.5 Å². The van der Waals surface area contributed by atoms with Crippen molar-refractivity contribution in [3.8, 4) is 23.3 Å². The van der Waals surface area contributed by atoms with E-state index in [1.165, 1.54) is 0 Å². The molecule has 0 aliphatic carbocycles. The van der Waals surface area contributed by atoms with E-state index in [1.54, 1.807) is 63.7 Å². The van der Waals surface area contributed by atoms with Crippen LogP contribution in [0, 0.1) is 11.3 Å². The van der Waals surface area contributed by atoms with Gasteiger partial charge in [0.2, 0.25) is 5.60 Å². The molecule has 3 aromatic rings. The molecule has 0 spiro atoms. The minimum absolute atomic E-state index is 0.256. The lowest BCUT2D eigenvalue weighted by molar-refractivity contribution is -0.160. The van der Waals surface area contributed by atoms with Crippen molar-refractivity contribution in [1.29, 1.82) is 5.26 Å². The Labute approximate surface area is 179 Å². The highest BCUT2D eigenvalue weighted by molar-refractivity contribution is 7.19. The van der Waals surface area contributed by atoms with Gasteiger partial charge in [0.05, 0.1) is 32.5 Å². The van der Waals surface area contributed by atoms with E-state index >= 15 is 0 Å². The number of benzene rings is 2. The van der Waals surface area contributed by atoms with E-state index in [9.17, 15) is 4.79 Å². The Kier molecular flexibility index (Phi) is 6.48. The number of nitriles is 1. The lowest BCUT2D eigenvalue weighted by Crippen LogP contribution is -2.44. The maximum absolute atomic E-state index is 12.8. The van der Waals surface area contributed by atoms with Crippen molar-refractivity contribution >= 4 is 27.4 Å². The van der Waals surface area contributed by atoms with Gasteiger partial charge >= 0.3 is 5.97 Å². The number of ether oxygens (including phenoxy) is 4. The Bertz CT molecular complexity index is 1040. The number of carbonyl (C=O) groups is 1. The van der Waals surface area contributed by atoms with Gasteiger partial charge in [-0.2, -0.15) is 5.26 Å². The van der Waals surface area contributed by atoms with E-state index in [4.69, 9.17) is 24.2 Å². The number of hydrogen-bond acceptors (Lipinski definition) is 7. The van der Waals surface area contributed by atoms with Crippen LogP contribution >= 0.6 is 11.3 Å². The minimum atomic E-state index is -1.22. The van der Waals surface area contributed by atoms with Crippen LogP contribution in [-0.2, 0) is 16.0 Å². The van der Waals surface area contributed by atoms with Crippen LogP contribution in [0.25, 0.3) is 10.1 Å². The second kappa shape index (κ2) is 9.06. The molecule has 0 amide bonds. The second-order valence-corrected chi connectivity index (χ2v) is 7.99. The molecule has 0 N–H and O–H groups in total. The molecule has 1 atom stereocenters. The van der Waals surface area contributed by atoms with E-state index in [0.29, 0.717) is 29.2 Å². The van der Waals surface area contributed by atoms with Crippen LogP contribution in [0.15, 0.2) is 42.5 Å². The molecule has 0 radical (unpaired) electrons. The quantitative estimate of drug-likeness (QED) is 0.486. The zero-order valence-corrected chi connectivity index (χ0v) is 18.2. The fourth-order valence-electron chi connectivity index (χ4n) is 3.13. The molecular weight excluding hydrogens is 402 g/mol. The first-order chi connectivity index (χ1) is 14.4. The van der Waals surface area contributed by atoms with Crippen LogP contribution in [-0.4, -0.2) is 32.4 Å². The highest BCUT2D eigenvalue weighted by Gasteiger charge is 2.38. The van der Waals surface area contributed by atoms with E-state index < -0.39 is 11.6 Å². The SMILES string of the molecule is CCOC(=O)C(C)(Cc1cc2cc(OC)c(OC)cc2s1)Oc1ccc(C#N)cc1. The molecule has 1 aromatic heterocycles. The molecule has 0 saturated carbocycles. The summed E-state index contributed by atoms with van der Waals surface area (Å²) >= 11 is 1.56. The summed E-state index contributed by atoms with van der Waals surface area (Å²) in [6.45, 7) is 3.73. The summed E-state index contributed by atoms with van der Waals surface area (Å²) in [5.41, 5.74) is -0.702. The number of rotatable bonds is 8. The van der Waals surface area contributed by atoms with Gasteiger partial charge < -0.3 is 18.9 Å². The summed E-state index contributed by atoms with van der Waals surface area (Å²) in [5.74, 6) is 1.35. The van der Waals surface area contributed by atoms with E-state index in [1.807, 2.05) is 18.2 Å². The Balaban J connectivity index is 1.94. The van der Waals surface area contributed by atoms with Crippen LogP contribution in [0.5, 0.6) is 17.2 Å². The summed E-state index contributed by atoms with van der Waals surface area (Å²) in [4.78, 5) is 13.7. The summed E-state index contributed by atoms with van der Waals surface area (Å²) in [6.07, 6.45) is 0.329. The van der Waals surface area contributed by atoms with Gasteiger partial charge in [-0.3, -0.25) is 0 Å². The van der Waals surface area contributed by atoms with Crippen LogP contribution in [0.1, 0.15) is 24.3 Å². The van der Waals surface area contributed by atoms with Crippen LogP contribution in [0.2, 0.25) is 0 Å². The molecule has 0 saturated heterocycles. The predicted octanol–water partition coefficient (Wildman–Crippen LogP) is 4.73. The first-order valence-corrected chi connectivity index (χ1v) is 10.2. The van der Waals surface area contributed by atoms with Crippen molar-refractivity contribution < 1.29 is 23.7 Å². The molecule has 0 aliphatic heterocycles. The molecule has 0 fully saturated rings. The average Bonchev–Trinajstić information content (AvgIpc) is 3.13. The Morgan fingerprint density at radius 2 is 1.77 bits per heavy atom. The van der Waals surface area contributed by atoms with Crippen LogP contribution in [0.4, 0.5) is 0 Å². The van der Waals surface area contributed by atoms with E-state index in [-0.39, 0.29) is 6.61 Å². The first kappa shape index (κ1) is 21.5. The predicted molar refractivity (Wildman–Crippen MR) is 115 cm³/mol. The molecule has 30 heavy (non-hydrogen) atoms. The van der Waals surface area contributed by atoms with Gasteiger partial charge in [-0.1, -0.05) is 0 Å². The number of carbonyl (C=O) groups excluding carboxylic acids is 1. The van der Waals surface area contributed by atoms with E-state index in [2.05, 4.69) is 6.07 Å². The Hall–Kier alpha value is -3.24. The highest BCUT2D eigenvalue weighted by atomic mass is 32.1. The second-order valence-electron chi connectivity index (χ2n) is 6.82. The molecular formula is C23H23NO5S. The van der Waals surface area contributed by atoms with Crippen LogP contribution in [0.3, 0.4) is 0 Å². The summed E-state index contributed by atoms with van der Waals surface area (Å²) < 4.78 is 23.2. The van der Waals surface area contributed by atoms with Crippen molar-refractivity contribution in [2.75, 3.05) is 20.8 Å². The standard InChI is InChI=1S/C23H23NO5S/c1-5-28-22(25)23(2,29-17-8-6-15(14-24)7-9-17)13-18-10-16-11-19(26-3)20(27-4)12-21(16)30-18/h6-12H,5,13H2,1-4H3.